The summed E-state index contributed by atoms with van der Waals surface area (Å²) in [5.41, 5.74) is -0.281. The molecule has 0 aromatic rings. The van der Waals surface area contributed by atoms with E-state index in [1.807, 2.05) is 0 Å². The van der Waals surface area contributed by atoms with Gasteiger partial charge >= 0.3 is 5.97 Å². The van der Waals surface area contributed by atoms with Crippen LogP contribution in [0.4, 0.5) is 0 Å². The first-order valence-electron chi connectivity index (χ1n) is 8.74. The Bertz CT molecular complexity index is 502. The molecule has 0 saturated heterocycles. The van der Waals surface area contributed by atoms with E-state index >= 15 is 0 Å². The van der Waals surface area contributed by atoms with Crippen molar-refractivity contribution < 1.29 is 14.3 Å². The summed E-state index contributed by atoms with van der Waals surface area (Å²) in [6.07, 6.45) is 7.03. The van der Waals surface area contributed by atoms with E-state index < -0.39 is 12.0 Å². The summed E-state index contributed by atoms with van der Waals surface area (Å²) in [7, 11) is 1.32. The zero-order valence-corrected chi connectivity index (χ0v) is 14.0. The second kappa shape index (κ2) is 6.14. The molecule has 4 bridgehead atoms. The van der Waals surface area contributed by atoms with Crippen molar-refractivity contribution in [2.45, 2.75) is 57.9 Å². The van der Waals surface area contributed by atoms with E-state index in [1.165, 1.54) is 26.4 Å². The van der Waals surface area contributed by atoms with Gasteiger partial charge < -0.3 is 10.1 Å². The quantitative estimate of drug-likeness (QED) is 0.790. The zero-order valence-electron chi connectivity index (χ0n) is 14.0. The van der Waals surface area contributed by atoms with Crippen molar-refractivity contribution in [3.8, 4) is 6.07 Å². The van der Waals surface area contributed by atoms with Gasteiger partial charge in [0.25, 0.3) is 0 Å². The number of esters is 1. The average molecular weight is 318 g/mol. The Balaban J connectivity index is 1.71. The fourth-order valence-electron chi connectivity index (χ4n) is 5.46. The van der Waals surface area contributed by atoms with Crippen molar-refractivity contribution in [2.24, 2.45) is 29.1 Å². The molecule has 0 spiro atoms. The number of carbonyl (C=O) groups excluding carboxylic acids is 2. The van der Waals surface area contributed by atoms with E-state index in [2.05, 4.69) is 11.4 Å². The monoisotopic (exact) mass is 318 g/mol. The molecule has 4 fully saturated rings. The summed E-state index contributed by atoms with van der Waals surface area (Å²) in [5.74, 6) is 1.31. The summed E-state index contributed by atoms with van der Waals surface area (Å²) < 4.78 is 4.81. The molecule has 126 valence electrons. The van der Waals surface area contributed by atoms with Gasteiger partial charge in [-0.25, -0.2) is 4.79 Å². The molecular formula is C18H26N2O3. The molecule has 4 aliphatic carbocycles. The van der Waals surface area contributed by atoms with Crippen molar-refractivity contribution in [2.75, 3.05) is 7.11 Å². The number of nitrogens with one attached hydrogen (secondary N) is 1. The van der Waals surface area contributed by atoms with Gasteiger partial charge in [0.1, 0.15) is 6.04 Å². The van der Waals surface area contributed by atoms with Crippen LogP contribution in [0.25, 0.3) is 0 Å². The molecular weight excluding hydrogens is 292 g/mol. The SMILES string of the molecule is COC(=O)[C@H](C[C@H](C)C#N)NC(=O)C12CC3CC(CC(C3)C1)C2. The van der Waals surface area contributed by atoms with Gasteiger partial charge in [-0.15, -0.1) is 0 Å². The molecule has 4 rings (SSSR count). The first kappa shape index (κ1) is 16.3. The second-order valence-corrected chi connectivity index (χ2v) is 8.01. The first-order valence-corrected chi connectivity index (χ1v) is 8.74. The van der Waals surface area contributed by atoms with Crippen molar-refractivity contribution >= 4 is 11.9 Å². The van der Waals surface area contributed by atoms with Crippen LogP contribution in [0.2, 0.25) is 0 Å². The molecule has 1 amide bonds. The van der Waals surface area contributed by atoms with Crippen molar-refractivity contribution in [1.29, 1.82) is 5.26 Å². The molecule has 0 aromatic heterocycles. The highest BCUT2D eigenvalue weighted by molar-refractivity contribution is 5.88. The summed E-state index contributed by atoms with van der Waals surface area (Å²) in [6, 6.07) is 1.41. The lowest BCUT2D eigenvalue weighted by atomic mass is 9.49. The van der Waals surface area contributed by atoms with E-state index in [0.717, 1.165) is 19.3 Å². The molecule has 1 N–H and O–H groups in total. The highest BCUT2D eigenvalue weighted by Crippen LogP contribution is 2.60. The number of rotatable bonds is 5. The second-order valence-electron chi connectivity index (χ2n) is 8.01. The van der Waals surface area contributed by atoms with Gasteiger partial charge in [-0.05, 0) is 69.6 Å². The lowest BCUT2D eigenvalue weighted by Gasteiger charge is -2.55. The Hall–Kier alpha value is -1.57. The van der Waals surface area contributed by atoms with Crippen molar-refractivity contribution in [1.82, 2.24) is 5.32 Å². The summed E-state index contributed by atoms with van der Waals surface area (Å²) in [4.78, 5) is 25.0. The highest BCUT2D eigenvalue weighted by atomic mass is 16.5. The third kappa shape index (κ3) is 3.08. The van der Waals surface area contributed by atoms with Crippen LogP contribution in [-0.2, 0) is 14.3 Å². The van der Waals surface area contributed by atoms with Gasteiger partial charge in [-0.3, -0.25) is 4.79 Å². The Labute approximate surface area is 137 Å². The van der Waals surface area contributed by atoms with Gasteiger partial charge in [0.15, 0.2) is 0 Å². The highest BCUT2D eigenvalue weighted by Gasteiger charge is 2.55. The molecule has 0 aliphatic heterocycles. The van der Waals surface area contributed by atoms with E-state index in [1.54, 1.807) is 6.92 Å². The van der Waals surface area contributed by atoms with E-state index in [4.69, 9.17) is 10.00 Å². The van der Waals surface area contributed by atoms with Gasteiger partial charge in [0, 0.05) is 11.3 Å². The minimum Gasteiger partial charge on any atom is -0.467 e. The molecule has 0 aromatic carbocycles. The maximum absolute atomic E-state index is 13.0. The number of carbonyl (C=O) groups is 2. The molecule has 2 atom stereocenters. The van der Waals surface area contributed by atoms with Crippen molar-refractivity contribution in [3.05, 3.63) is 0 Å². The van der Waals surface area contributed by atoms with Gasteiger partial charge in [0.05, 0.1) is 13.2 Å². The molecule has 23 heavy (non-hydrogen) atoms. The maximum Gasteiger partial charge on any atom is 0.328 e. The molecule has 4 saturated carbocycles. The van der Waals surface area contributed by atoms with E-state index in [-0.39, 0.29) is 17.2 Å². The van der Waals surface area contributed by atoms with Crippen LogP contribution in [0.15, 0.2) is 0 Å². The summed E-state index contributed by atoms with van der Waals surface area (Å²) in [5, 5.41) is 11.9. The number of amides is 1. The van der Waals surface area contributed by atoms with Crippen molar-refractivity contribution in [3.63, 3.8) is 0 Å². The minimum absolute atomic E-state index is 0.0112. The van der Waals surface area contributed by atoms with E-state index in [9.17, 15) is 9.59 Å². The Morgan fingerprint density at radius 2 is 1.74 bits per heavy atom. The molecule has 4 aliphatic rings. The number of nitriles is 1. The van der Waals surface area contributed by atoms with Crippen LogP contribution in [-0.4, -0.2) is 25.0 Å². The standard InChI is InChI=1S/C18H26N2O3/c1-11(10-19)3-15(16(21)23-2)20-17(22)18-7-12-4-13(8-18)6-14(5-12)9-18/h11-15H,3-9H2,1-2H3,(H,20,22)/t11-,12?,13?,14?,15-,18?/m0/s1. The smallest absolute Gasteiger partial charge is 0.328 e. The average Bonchev–Trinajstić information content (AvgIpc) is 2.51. The van der Waals surface area contributed by atoms with Crippen LogP contribution in [0, 0.1) is 40.4 Å². The largest absolute Gasteiger partial charge is 0.467 e. The summed E-state index contributed by atoms with van der Waals surface area (Å²) >= 11 is 0. The predicted molar refractivity (Wildman–Crippen MR) is 83.9 cm³/mol. The fraction of sp³-hybridized carbons (Fsp3) is 0.833. The molecule has 5 heteroatoms. The number of ether oxygens (including phenoxy) is 1. The van der Waals surface area contributed by atoms with Crippen LogP contribution in [0.1, 0.15) is 51.9 Å². The summed E-state index contributed by atoms with van der Waals surface area (Å²) in [6.45, 7) is 1.76. The number of hydrogen-bond acceptors (Lipinski definition) is 4. The van der Waals surface area contributed by atoms with Gasteiger partial charge in [0.2, 0.25) is 5.91 Å². The van der Waals surface area contributed by atoms with E-state index in [0.29, 0.717) is 24.2 Å². The van der Waals surface area contributed by atoms with Gasteiger partial charge in [-0.1, -0.05) is 0 Å². The third-order valence-corrected chi connectivity index (χ3v) is 6.12. The number of nitrogens with zero attached hydrogens (tertiary/aromatic N) is 1. The van der Waals surface area contributed by atoms with Crippen LogP contribution >= 0.6 is 0 Å². The molecule has 0 unspecified atom stereocenters. The Morgan fingerprint density at radius 3 is 2.17 bits per heavy atom. The fourth-order valence-corrected chi connectivity index (χ4v) is 5.46. The minimum atomic E-state index is -0.713. The number of hydrogen-bond donors (Lipinski definition) is 1. The number of methoxy groups -OCH3 is 1. The third-order valence-electron chi connectivity index (χ3n) is 6.12. The van der Waals surface area contributed by atoms with Gasteiger partial charge in [-0.2, -0.15) is 5.26 Å². The molecule has 0 heterocycles. The maximum atomic E-state index is 13.0. The molecule has 5 nitrogen and oxygen atoms in total. The van der Waals surface area contributed by atoms with Crippen LogP contribution < -0.4 is 5.32 Å². The lowest BCUT2D eigenvalue weighted by Crippen LogP contribution is -2.56. The zero-order chi connectivity index (χ0) is 16.6. The topological polar surface area (TPSA) is 79.2 Å². The first-order chi connectivity index (χ1) is 11.0. The predicted octanol–water partition coefficient (Wildman–Crippen LogP) is 2.41. The molecule has 0 radical (unpaired) electrons. The lowest BCUT2D eigenvalue weighted by molar-refractivity contribution is -0.153. The van der Waals surface area contributed by atoms with Crippen LogP contribution in [0.5, 0.6) is 0 Å². The Morgan fingerprint density at radius 1 is 1.22 bits per heavy atom. The van der Waals surface area contributed by atoms with Crippen LogP contribution in [0.3, 0.4) is 0 Å². The Kier molecular flexibility index (Phi) is 4.35. The normalized spacial score (nSPS) is 36.8.